The number of imidazole rings is 1. The third kappa shape index (κ3) is 4.85. The van der Waals surface area contributed by atoms with Gasteiger partial charge in [0.2, 0.25) is 0 Å². The first-order valence-corrected chi connectivity index (χ1v) is 11.4. The SMILES string of the molecule is CCCCn1c(=O)[nH]c(=O)c2c1nc(COC(=O)CC(c1ccccc1)c1ccccc1)n2C. The standard InChI is InChI=1S/C26H28N4O4/c1-3-4-15-30-24-23(25(32)28-26(30)33)29(2)21(27-24)17-34-22(31)16-20(18-11-7-5-8-12-18)19-13-9-6-10-14-19/h5-14,20H,3-4,15-17H2,1-2H3,(H,28,32,33). The van der Waals surface area contributed by atoms with Crippen LogP contribution in [0.15, 0.2) is 70.3 Å². The van der Waals surface area contributed by atoms with Gasteiger partial charge in [-0.2, -0.15) is 0 Å². The lowest BCUT2D eigenvalue weighted by Gasteiger charge is -2.17. The number of rotatable bonds is 9. The van der Waals surface area contributed by atoms with Gasteiger partial charge in [0.25, 0.3) is 5.56 Å². The molecule has 2 aromatic carbocycles. The van der Waals surface area contributed by atoms with E-state index >= 15 is 0 Å². The second-order valence-electron chi connectivity index (χ2n) is 8.26. The number of carbonyl (C=O) groups is 1. The Kier molecular flexibility index (Phi) is 7.06. The van der Waals surface area contributed by atoms with Gasteiger partial charge in [-0.25, -0.2) is 9.78 Å². The highest BCUT2D eigenvalue weighted by molar-refractivity contribution is 5.72. The van der Waals surface area contributed by atoms with Crippen molar-refractivity contribution in [2.45, 2.75) is 45.3 Å². The number of nitrogens with one attached hydrogen (secondary N) is 1. The minimum Gasteiger partial charge on any atom is -0.457 e. The van der Waals surface area contributed by atoms with Gasteiger partial charge in [-0.3, -0.25) is 19.1 Å². The number of aryl methyl sites for hydroxylation is 2. The topological polar surface area (TPSA) is 99.0 Å². The molecule has 0 aliphatic heterocycles. The molecule has 0 aliphatic carbocycles. The molecule has 0 saturated heterocycles. The molecule has 4 aromatic rings. The quantitative estimate of drug-likeness (QED) is 0.386. The van der Waals surface area contributed by atoms with E-state index in [2.05, 4.69) is 9.97 Å². The fourth-order valence-corrected chi connectivity index (χ4v) is 4.11. The summed E-state index contributed by atoms with van der Waals surface area (Å²) in [5.74, 6) is -0.111. The van der Waals surface area contributed by atoms with E-state index in [4.69, 9.17) is 4.74 Å². The Balaban J connectivity index is 1.56. The molecule has 0 amide bonds. The largest absolute Gasteiger partial charge is 0.457 e. The van der Waals surface area contributed by atoms with Crippen molar-refractivity contribution in [1.82, 2.24) is 19.1 Å². The van der Waals surface area contributed by atoms with Crippen LogP contribution in [0.25, 0.3) is 11.2 Å². The highest BCUT2D eigenvalue weighted by atomic mass is 16.5. The maximum Gasteiger partial charge on any atom is 0.330 e. The molecule has 8 heteroatoms. The summed E-state index contributed by atoms with van der Waals surface area (Å²) < 4.78 is 8.62. The smallest absolute Gasteiger partial charge is 0.330 e. The van der Waals surface area contributed by atoms with E-state index in [-0.39, 0.29) is 30.4 Å². The van der Waals surface area contributed by atoms with Crippen LogP contribution in [0.3, 0.4) is 0 Å². The number of H-pyrrole nitrogens is 1. The molecule has 0 unspecified atom stereocenters. The summed E-state index contributed by atoms with van der Waals surface area (Å²) in [5.41, 5.74) is 1.66. The summed E-state index contributed by atoms with van der Waals surface area (Å²) in [7, 11) is 1.68. The van der Waals surface area contributed by atoms with Crippen molar-refractivity contribution in [2.75, 3.05) is 0 Å². The maximum atomic E-state index is 12.8. The lowest BCUT2D eigenvalue weighted by Crippen LogP contribution is -2.31. The van der Waals surface area contributed by atoms with Crippen molar-refractivity contribution in [2.24, 2.45) is 7.05 Å². The highest BCUT2D eigenvalue weighted by Gasteiger charge is 2.21. The Morgan fingerprint density at radius 2 is 1.65 bits per heavy atom. The number of aromatic amines is 1. The summed E-state index contributed by atoms with van der Waals surface area (Å²) in [6, 6.07) is 19.7. The first-order valence-electron chi connectivity index (χ1n) is 11.4. The number of hydrogen-bond donors (Lipinski definition) is 1. The van der Waals surface area contributed by atoms with Crippen LogP contribution >= 0.6 is 0 Å². The number of nitrogens with zero attached hydrogens (tertiary/aromatic N) is 3. The van der Waals surface area contributed by atoms with Crippen molar-refractivity contribution in [3.8, 4) is 0 Å². The second kappa shape index (κ2) is 10.3. The maximum absolute atomic E-state index is 12.8. The van der Waals surface area contributed by atoms with Gasteiger partial charge in [0.1, 0.15) is 12.4 Å². The predicted molar refractivity (Wildman–Crippen MR) is 130 cm³/mol. The zero-order valence-corrected chi connectivity index (χ0v) is 19.4. The number of benzene rings is 2. The van der Waals surface area contributed by atoms with E-state index in [1.165, 1.54) is 4.57 Å². The van der Waals surface area contributed by atoms with Crippen molar-refractivity contribution >= 4 is 17.1 Å². The number of aromatic nitrogens is 4. The summed E-state index contributed by atoms with van der Waals surface area (Å²) in [6.45, 7) is 2.38. The van der Waals surface area contributed by atoms with E-state index in [0.29, 0.717) is 18.0 Å². The predicted octanol–water partition coefficient (Wildman–Crippen LogP) is 3.49. The number of ether oxygens (including phenoxy) is 1. The molecule has 0 atom stereocenters. The Morgan fingerprint density at radius 3 is 2.24 bits per heavy atom. The molecule has 176 valence electrons. The lowest BCUT2D eigenvalue weighted by atomic mass is 9.89. The van der Waals surface area contributed by atoms with Crippen LogP contribution in [0.5, 0.6) is 0 Å². The summed E-state index contributed by atoms with van der Waals surface area (Å²) >= 11 is 0. The Bertz CT molecular complexity index is 1350. The van der Waals surface area contributed by atoms with Crippen molar-refractivity contribution < 1.29 is 9.53 Å². The van der Waals surface area contributed by atoms with Crippen LogP contribution in [0, 0.1) is 0 Å². The monoisotopic (exact) mass is 460 g/mol. The van der Waals surface area contributed by atoms with Crippen LogP contribution in [0.4, 0.5) is 0 Å². The van der Waals surface area contributed by atoms with Crippen LogP contribution in [0.1, 0.15) is 49.1 Å². The van der Waals surface area contributed by atoms with Gasteiger partial charge in [-0.15, -0.1) is 0 Å². The molecule has 2 aromatic heterocycles. The molecular weight excluding hydrogens is 432 g/mol. The molecule has 4 rings (SSSR count). The number of esters is 1. The van der Waals surface area contributed by atoms with E-state index in [9.17, 15) is 14.4 Å². The number of hydrogen-bond acceptors (Lipinski definition) is 5. The van der Waals surface area contributed by atoms with Gasteiger partial charge in [0.05, 0.1) is 6.42 Å². The molecule has 1 N–H and O–H groups in total. The van der Waals surface area contributed by atoms with Gasteiger partial charge in [0, 0.05) is 19.5 Å². The van der Waals surface area contributed by atoms with Crippen molar-refractivity contribution in [1.29, 1.82) is 0 Å². The molecule has 8 nitrogen and oxygen atoms in total. The average molecular weight is 461 g/mol. The number of unbranched alkanes of at least 4 members (excludes halogenated alkanes) is 1. The average Bonchev–Trinajstić information content (AvgIpc) is 3.18. The van der Waals surface area contributed by atoms with Gasteiger partial charge >= 0.3 is 11.7 Å². The Hall–Kier alpha value is -3.94. The summed E-state index contributed by atoms with van der Waals surface area (Å²) in [5, 5.41) is 0. The fourth-order valence-electron chi connectivity index (χ4n) is 4.11. The van der Waals surface area contributed by atoms with E-state index in [1.807, 2.05) is 67.6 Å². The Morgan fingerprint density at radius 1 is 1.03 bits per heavy atom. The zero-order valence-electron chi connectivity index (χ0n) is 19.4. The Labute approximate surface area is 196 Å². The minimum absolute atomic E-state index is 0.0955. The van der Waals surface area contributed by atoms with Crippen molar-refractivity contribution in [3.05, 3.63) is 98.5 Å². The fraction of sp³-hybridized carbons (Fsp3) is 0.308. The van der Waals surface area contributed by atoms with Crippen LogP contribution in [-0.4, -0.2) is 25.1 Å². The first kappa shape index (κ1) is 23.2. The molecule has 0 saturated carbocycles. The highest BCUT2D eigenvalue weighted by Crippen LogP contribution is 2.28. The van der Waals surface area contributed by atoms with Crippen LogP contribution < -0.4 is 11.2 Å². The van der Waals surface area contributed by atoms with Gasteiger partial charge < -0.3 is 9.30 Å². The molecule has 0 aliphatic rings. The number of fused-ring (bicyclic) bond motifs is 1. The molecule has 2 heterocycles. The normalized spacial score (nSPS) is 11.3. The molecule has 0 radical (unpaired) electrons. The van der Waals surface area contributed by atoms with Gasteiger partial charge in [-0.1, -0.05) is 74.0 Å². The lowest BCUT2D eigenvalue weighted by molar-refractivity contribution is -0.145. The first-order chi connectivity index (χ1) is 16.5. The molecular formula is C26H28N4O4. The van der Waals surface area contributed by atoms with Gasteiger partial charge in [0.15, 0.2) is 11.2 Å². The molecule has 0 fully saturated rings. The van der Waals surface area contributed by atoms with E-state index in [0.717, 1.165) is 24.0 Å². The van der Waals surface area contributed by atoms with Crippen molar-refractivity contribution in [3.63, 3.8) is 0 Å². The number of carbonyl (C=O) groups excluding carboxylic acids is 1. The molecule has 34 heavy (non-hydrogen) atoms. The third-order valence-electron chi connectivity index (χ3n) is 5.98. The third-order valence-corrected chi connectivity index (χ3v) is 5.98. The van der Waals surface area contributed by atoms with Gasteiger partial charge in [-0.05, 0) is 17.5 Å². The minimum atomic E-state index is -0.506. The molecule has 0 bridgehead atoms. The zero-order chi connectivity index (χ0) is 24.1. The summed E-state index contributed by atoms with van der Waals surface area (Å²) in [4.78, 5) is 44.4. The summed E-state index contributed by atoms with van der Waals surface area (Å²) in [6.07, 6.45) is 1.84. The second-order valence-corrected chi connectivity index (χ2v) is 8.26. The van der Waals surface area contributed by atoms with E-state index in [1.54, 1.807) is 11.6 Å². The molecule has 0 spiro atoms. The van der Waals surface area contributed by atoms with Crippen LogP contribution in [-0.2, 0) is 29.7 Å². The van der Waals surface area contributed by atoms with Crippen LogP contribution in [0.2, 0.25) is 0 Å². The van der Waals surface area contributed by atoms with E-state index < -0.39 is 11.2 Å².